The molecule has 0 spiro atoms. The van der Waals surface area contributed by atoms with Gasteiger partial charge in [-0.2, -0.15) is 0 Å². The third-order valence-corrected chi connectivity index (χ3v) is 7.34. The summed E-state index contributed by atoms with van der Waals surface area (Å²) in [5.41, 5.74) is 2.91. The highest BCUT2D eigenvalue weighted by atomic mass is 32.2. The Morgan fingerprint density at radius 3 is 2.51 bits per heavy atom. The Labute approximate surface area is 228 Å². The second-order valence-electron chi connectivity index (χ2n) is 8.95. The molecule has 3 heterocycles. The first kappa shape index (κ1) is 26.3. The number of nitrogens with zero attached hydrogens (tertiary/aromatic N) is 2. The van der Waals surface area contributed by atoms with Crippen molar-refractivity contribution < 1.29 is 33.4 Å². The van der Waals surface area contributed by atoms with E-state index < -0.39 is 29.6 Å². The number of carbonyl (C=O) groups excluding carboxylic acids is 3. The molecule has 2 fully saturated rings. The summed E-state index contributed by atoms with van der Waals surface area (Å²) in [7, 11) is 0. The van der Waals surface area contributed by atoms with E-state index in [0.29, 0.717) is 41.5 Å². The van der Waals surface area contributed by atoms with Gasteiger partial charge < -0.3 is 24.5 Å². The molecule has 10 nitrogen and oxygen atoms in total. The van der Waals surface area contributed by atoms with Gasteiger partial charge in [-0.05, 0) is 66.7 Å². The molecule has 2 saturated heterocycles. The number of ether oxygens (including phenoxy) is 1. The topological polar surface area (TPSA) is 129 Å². The normalized spacial score (nSPS) is 16.7. The van der Waals surface area contributed by atoms with E-state index in [4.69, 9.17) is 9.15 Å². The largest absolute Gasteiger partial charge is 0.478 e. The molecule has 3 amide bonds. The van der Waals surface area contributed by atoms with Gasteiger partial charge in [0, 0.05) is 36.1 Å². The maximum atomic E-state index is 12.9. The van der Waals surface area contributed by atoms with E-state index in [9.17, 15) is 24.3 Å². The number of aromatic carboxylic acids is 1. The molecule has 5 rings (SSSR count). The Hall–Kier alpha value is -4.35. The fourth-order valence-electron chi connectivity index (χ4n) is 4.40. The molecule has 1 aromatic heterocycles. The zero-order valence-electron chi connectivity index (χ0n) is 21.0. The van der Waals surface area contributed by atoms with Crippen molar-refractivity contribution in [3.8, 4) is 11.3 Å². The summed E-state index contributed by atoms with van der Waals surface area (Å²) in [4.78, 5) is 52.7. The summed E-state index contributed by atoms with van der Waals surface area (Å²) in [6, 6.07) is 15.5. The van der Waals surface area contributed by atoms with Gasteiger partial charge in [-0.1, -0.05) is 12.1 Å². The molecule has 0 radical (unpaired) electrons. The molecule has 3 aromatic rings. The fraction of sp³-hybridized carbons (Fsp3) is 0.214. The zero-order valence-corrected chi connectivity index (χ0v) is 21.8. The van der Waals surface area contributed by atoms with Crippen LogP contribution in [0, 0.1) is 6.92 Å². The number of hydrogen-bond donors (Lipinski definition) is 2. The van der Waals surface area contributed by atoms with Gasteiger partial charge in [0.15, 0.2) is 0 Å². The molecule has 0 atom stereocenters. The van der Waals surface area contributed by atoms with Gasteiger partial charge in [0.2, 0.25) is 5.91 Å². The van der Waals surface area contributed by atoms with Crippen LogP contribution in [-0.2, 0) is 14.3 Å². The monoisotopic (exact) mass is 547 g/mol. The lowest BCUT2D eigenvalue weighted by atomic mass is 10.0. The van der Waals surface area contributed by atoms with Gasteiger partial charge in [0.25, 0.3) is 11.1 Å². The minimum absolute atomic E-state index is 0.125. The van der Waals surface area contributed by atoms with Crippen molar-refractivity contribution in [1.29, 1.82) is 0 Å². The molecule has 0 saturated carbocycles. The van der Waals surface area contributed by atoms with E-state index in [1.54, 1.807) is 43.3 Å². The number of rotatable bonds is 7. The highest BCUT2D eigenvalue weighted by Crippen LogP contribution is 2.34. The van der Waals surface area contributed by atoms with Crippen LogP contribution in [0.2, 0.25) is 0 Å². The molecule has 2 aromatic carbocycles. The molecule has 200 valence electrons. The standard InChI is InChI=1S/C28H25N3O7S/c1-17-21(3-2-4-22(17)27(34)35)23-10-9-20(38-23)15-24-26(33)31(28(36)39-24)16-25(32)29-18-5-7-19(8-6-18)30-11-13-37-14-12-30/h2-10,15H,11-14,16H2,1H3,(H,29,32)(H,34,35)/b24-15-. The third kappa shape index (κ3) is 5.74. The van der Waals surface area contributed by atoms with E-state index >= 15 is 0 Å². The summed E-state index contributed by atoms with van der Waals surface area (Å²) < 4.78 is 11.2. The van der Waals surface area contributed by atoms with Gasteiger partial charge in [0.05, 0.1) is 23.7 Å². The summed E-state index contributed by atoms with van der Waals surface area (Å²) >= 11 is 0.722. The molecule has 11 heteroatoms. The summed E-state index contributed by atoms with van der Waals surface area (Å²) in [5, 5.41) is 11.5. The zero-order chi connectivity index (χ0) is 27.5. The van der Waals surface area contributed by atoms with Crippen LogP contribution in [0.15, 0.2) is 63.9 Å². The van der Waals surface area contributed by atoms with Crippen LogP contribution in [0.3, 0.4) is 0 Å². The van der Waals surface area contributed by atoms with Gasteiger partial charge >= 0.3 is 5.97 Å². The Bertz CT molecular complexity index is 1470. The Morgan fingerprint density at radius 1 is 1.05 bits per heavy atom. The predicted molar refractivity (Wildman–Crippen MR) is 147 cm³/mol. The maximum Gasteiger partial charge on any atom is 0.335 e. The molecule has 2 aliphatic rings. The number of carbonyl (C=O) groups is 4. The van der Waals surface area contributed by atoms with Crippen LogP contribution in [0.25, 0.3) is 17.4 Å². The molecular formula is C28H25N3O7S. The smallest absolute Gasteiger partial charge is 0.335 e. The first-order valence-corrected chi connectivity index (χ1v) is 13.0. The second-order valence-corrected chi connectivity index (χ2v) is 9.94. The minimum atomic E-state index is -1.04. The maximum absolute atomic E-state index is 12.9. The highest BCUT2D eigenvalue weighted by Gasteiger charge is 2.36. The van der Waals surface area contributed by atoms with Crippen LogP contribution < -0.4 is 10.2 Å². The van der Waals surface area contributed by atoms with Crippen LogP contribution >= 0.6 is 11.8 Å². The summed E-state index contributed by atoms with van der Waals surface area (Å²) in [6.07, 6.45) is 1.44. The quantitative estimate of drug-likeness (QED) is 0.412. The summed E-state index contributed by atoms with van der Waals surface area (Å²) in [6.45, 7) is 4.22. The number of nitrogens with one attached hydrogen (secondary N) is 1. The van der Waals surface area contributed by atoms with Crippen LogP contribution in [-0.4, -0.2) is 65.9 Å². The van der Waals surface area contributed by atoms with Gasteiger partial charge in [0.1, 0.15) is 18.1 Å². The number of carboxylic acid groups (broad SMARTS) is 1. The molecule has 39 heavy (non-hydrogen) atoms. The van der Waals surface area contributed by atoms with Crippen molar-refractivity contribution >= 4 is 52.2 Å². The van der Waals surface area contributed by atoms with Crippen LogP contribution in [0.1, 0.15) is 21.7 Å². The number of benzene rings is 2. The highest BCUT2D eigenvalue weighted by molar-refractivity contribution is 8.18. The second kappa shape index (κ2) is 11.2. The first-order chi connectivity index (χ1) is 18.8. The Balaban J connectivity index is 1.23. The Kier molecular flexibility index (Phi) is 7.53. The lowest BCUT2D eigenvalue weighted by molar-refractivity contribution is -0.127. The number of anilines is 2. The van der Waals surface area contributed by atoms with Crippen molar-refractivity contribution in [3.05, 3.63) is 76.4 Å². The molecule has 2 N–H and O–H groups in total. The Morgan fingerprint density at radius 2 is 1.79 bits per heavy atom. The van der Waals surface area contributed by atoms with Gasteiger partial charge in [-0.15, -0.1) is 0 Å². The van der Waals surface area contributed by atoms with Crippen LogP contribution in [0.4, 0.5) is 16.2 Å². The van der Waals surface area contributed by atoms with Gasteiger partial charge in [-0.3, -0.25) is 19.3 Å². The SMILES string of the molecule is Cc1c(C(=O)O)cccc1-c1ccc(/C=C2\SC(=O)N(CC(=O)Nc3ccc(N4CCOCC4)cc3)C2=O)o1. The molecule has 0 bridgehead atoms. The van der Waals surface area contributed by atoms with E-state index in [1.807, 2.05) is 12.1 Å². The molecule has 0 unspecified atom stereocenters. The average molecular weight is 548 g/mol. The number of furan rings is 1. The minimum Gasteiger partial charge on any atom is -0.478 e. The predicted octanol–water partition coefficient (Wildman–Crippen LogP) is 4.46. The molecule has 2 aliphatic heterocycles. The van der Waals surface area contributed by atoms with Crippen molar-refractivity contribution in [2.75, 3.05) is 43.1 Å². The van der Waals surface area contributed by atoms with Crippen molar-refractivity contribution in [2.45, 2.75) is 6.92 Å². The van der Waals surface area contributed by atoms with Crippen molar-refractivity contribution in [2.24, 2.45) is 0 Å². The van der Waals surface area contributed by atoms with E-state index in [2.05, 4.69) is 10.2 Å². The third-order valence-electron chi connectivity index (χ3n) is 6.43. The number of carboxylic acids is 1. The van der Waals surface area contributed by atoms with Gasteiger partial charge in [-0.25, -0.2) is 4.79 Å². The van der Waals surface area contributed by atoms with Crippen LogP contribution in [0.5, 0.6) is 0 Å². The number of morpholine rings is 1. The van der Waals surface area contributed by atoms with E-state index in [-0.39, 0.29) is 10.5 Å². The first-order valence-electron chi connectivity index (χ1n) is 12.2. The number of thioether (sulfide) groups is 1. The number of amides is 3. The van der Waals surface area contributed by atoms with E-state index in [0.717, 1.165) is 35.4 Å². The van der Waals surface area contributed by atoms with Crippen molar-refractivity contribution in [1.82, 2.24) is 4.90 Å². The lowest BCUT2D eigenvalue weighted by Gasteiger charge is -2.28. The molecular weight excluding hydrogens is 522 g/mol. The molecule has 0 aliphatic carbocycles. The lowest BCUT2D eigenvalue weighted by Crippen LogP contribution is -2.36. The van der Waals surface area contributed by atoms with Crippen molar-refractivity contribution in [3.63, 3.8) is 0 Å². The fourth-order valence-corrected chi connectivity index (χ4v) is 5.21. The summed E-state index contributed by atoms with van der Waals surface area (Å²) in [5.74, 6) is -1.37. The number of hydrogen-bond acceptors (Lipinski definition) is 8. The van der Waals surface area contributed by atoms with E-state index in [1.165, 1.54) is 12.1 Å². The average Bonchev–Trinajstić information content (AvgIpc) is 3.49. The number of imide groups is 1.